The molecular formula is C12H17ClN2O4S. The molecule has 0 fully saturated rings. The average Bonchev–Trinajstić information content (AvgIpc) is 2.44. The van der Waals surface area contributed by atoms with Crippen LogP contribution in [-0.2, 0) is 14.8 Å². The van der Waals surface area contributed by atoms with E-state index in [0.29, 0.717) is 0 Å². The van der Waals surface area contributed by atoms with Gasteiger partial charge in [-0.05, 0) is 25.1 Å². The van der Waals surface area contributed by atoms with Crippen LogP contribution >= 0.6 is 11.6 Å². The number of halogens is 1. The van der Waals surface area contributed by atoms with Crippen molar-refractivity contribution in [1.29, 1.82) is 0 Å². The summed E-state index contributed by atoms with van der Waals surface area (Å²) in [5.74, 6) is -0.764. The van der Waals surface area contributed by atoms with Gasteiger partial charge in [-0.15, -0.1) is 0 Å². The first-order chi connectivity index (χ1) is 9.25. The molecule has 0 saturated heterocycles. The summed E-state index contributed by atoms with van der Waals surface area (Å²) in [6, 6.07) is 3.55. The molecule has 6 nitrogen and oxygen atoms in total. The maximum absolute atomic E-state index is 12.5. The van der Waals surface area contributed by atoms with Crippen LogP contribution in [0.1, 0.15) is 17.3 Å². The minimum Gasteiger partial charge on any atom is -0.465 e. The van der Waals surface area contributed by atoms with E-state index in [4.69, 9.17) is 17.3 Å². The Morgan fingerprint density at radius 1 is 1.50 bits per heavy atom. The number of benzene rings is 1. The van der Waals surface area contributed by atoms with Crippen LogP contribution in [0.5, 0.6) is 0 Å². The lowest BCUT2D eigenvalue weighted by Crippen LogP contribution is -2.40. The fourth-order valence-corrected chi connectivity index (χ4v) is 3.24. The minimum atomic E-state index is -3.86. The number of nitrogens with two attached hydrogens (primary N) is 1. The van der Waals surface area contributed by atoms with Crippen molar-refractivity contribution in [3.05, 3.63) is 28.8 Å². The fourth-order valence-electron chi connectivity index (χ4n) is 1.54. The van der Waals surface area contributed by atoms with Gasteiger partial charge in [-0.1, -0.05) is 11.6 Å². The third-order valence-electron chi connectivity index (χ3n) is 2.97. The molecule has 0 aromatic heterocycles. The molecule has 112 valence electrons. The summed E-state index contributed by atoms with van der Waals surface area (Å²) < 4.78 is 30.7. The first kappa shape index (κ1) is 16.9. The van der Waals surface area contributed by atoms with Crippen LogP contribution in [0.2, 0.25) is 5.02 Å². The molecule has 0 aliphatic rings. The molecule has 1 unspecified atom stereocenters. The van der Waals surface area contributed by atoms with Crippen molar-refractivity contribution in [2.24, 2.45) is 5.73 Å². The van der Waals surface area contributed by atoms with Crippen molar-refractivity contribution in [2.45, 2.75) is 17.9 Å². The highest BCUT2D eigenvalue weighted by atomic mass is 35.5. The zero-order chi connectivity index (χ0) is 15.5. The van der Waals surface area contributed by atoms with Crippen molar-refractivity contribution < 1.29 is 17.9 Å². The maximum Gasteiger partial charge on any atom is 0.339 e. The molecule has 1 aromatic carbocycles. The van der Waals surface area contributed by atoms with Gasteiger partial charge in [0.25, 0.3) is 0 Å². The Bertz CT molecular complexity index is 603. The molecule has 8 heteroatoms. The third kappa shape index (κ3) is 3.29. The number of sulfonamides is 1. The number of ether oxygens (including phenoxy) is 1. The highest BCUT2D eigenvalue weighted by molar-refractivity contribution is 7.89. The van der Waals surface area contributed by atoms with Crippen molar-refractivity contribution in [3.8, 4) is 0 Å². The summed E-state index contributed by atoms with van der Waals surface area (Å²) >= 11 is 5.80. The summed E-state index contributed by atoms with van der Waals surface area (Å²) in [6.45, 7) is 1.84. The van der Waals surface area contributed by atoms with E-state index in [0.717, 1.165) is 4.31 Å². The van der Waals surface area contributed by atoms with Gasteiger partial charge in [-0.25, -0.2) is 13.2 Å². The van der Waals surface area contributed by atoms with Crippen LogP contribution in [0.15, 0.2) is 23.1 Å². The number of nitrogens with zero attached hydrogens (tertiary/aromatic N) is 1. The molecule has 0 heterocycles. The number of carbonyl (C=O) groups excluding carboxylic acids is 1. The predicted octanol–water partition coefficient (Wildman–Crippen LogP) is 1.09. The Morgan fingerprint density at radius 3 is 2.60 bits per heavy atom. The van der Waals surface area contributed by atoms with Crippen molar-refractivity contribution in [3.63, 3.8) is 0 Å². The molecule has 2 N–H and O–H groups in total. The SMILES string of the molecule is COC(=O)c1cc(Cl)ccc1S(=O)(=O)N(C)C(C)CN. The number of likely N-dealkylation sites (N-methyl/N-ethyl adjacent to an activating group) is 1. The zero-order valence-electron chi connectivity index (χ0n) is 11.5. The first-order valence-corrected chi connectivity index (χ1v) is 7.63. The number of methoxy groups -OCH3 is 1. The normalized spacial score (nSPS) is 13.3. The summed E-state index contributed by atoms with van der Waals surface area (Å²) in [5, 5.41) is 0.249. The Balaban J connectivity index is 3.42. The second-order valence-corrected chi connectivity index (χ2v) is 6.64. The van der Waals surface area contributed by atoms with Gasteiger partial charge in [-0.3, -0.25) is 0 Å². The van der Waals surface area contributed by atoms with Gasteiger partial charge < -0.3 is 10.5 Å². The quantitative estimate of drug-likeness (QED) is 0.820. The Labute approximate surface area is 123 Å². The minimum absolute atomic E-state index is 0.101. The summed E-state index contributed by atoms with van der Waals surface area (Å²) in [7, 11) is -1.28. The monoisotopic (exact) mass is 320 g/mol. The zero-order valence-corrected chi connectivity index (χ0v) is 13.0. The predicted molar refractivity (Wildman–Crippen MR) is 76.3 cm³/mol. The number of esters is 1. The molecule has 20 heavy (non-hydrogen) atoms. The van der Waals surface area contributed by atoms with Gasteiger partial charge in [0.1, 0.15) is 0 Å². The Morgan fingerprint density at radius 2 is 2.10 bits per heavy atom. The van der Waals surface area contributed by atoms with Crippen molar-refractivity contribution >= 4 is 27.6 Å². The van der Waals surface area contributed by atoms with Gasteiger partial charge in [0, 0.05) is 24.7 Å². The van der Waals surface area contributed by atoms with Gasteiger partial charge in [0.15, 0.2) is 0 Å². The molecular weight excluding hydrogens is 304 g/mol. The standard InChI is InChI=1S/C12H17ClN2O4S/c1-8(7-14)15(2)20(17,18)11-5-4-9(13)6-10(11)12(16)19-3/h4-6,8H,7,14H2,1-3H3. The third-order valence-corrected chi connectivity index (χ3v) is 5.23. The van der Waals surface area contributed by atoms with E-state index in [1.165, 1.54) is 32.4 Å². The van der Waals surface area contributed by atoms with Crippen LogP contribution in [0.25, 0.3) is 0 Å². The number of rotatable bonds is 5. The molecule has 0 spiro atoms. The molecule has 1 rings (SSSR count). The Hall–Kier alpha value is -1.15. The topological polar surface area (TPSA) is 89.7 Å². The first-order valence-electron chi connectivity index (χ1n) is 5.81. The molecule has 0 amide bonds. The number of carbonyl (C=O) groups is 1. The van der Waals surface area contributed by atoms with Gasteiger partial charge in [0.2, 0.25) is 10.0 Å². The molecule has 1 aromatic rings. The smallest absolute Gasteiger partial charge is 0.339 e. The highest BCUT2D eigenvalue weighted by Crippen LogP contribution is 2.24. The lowest BCUT2D eigenvalue weighted by atomic mass is 10.2. The Kier molecular flexibility index (Phi) is 5.52. The fraction of sp³-hybridized carbons (Fsp3) is 0.417. The van der Waals surface area contributed by atoms with E-state index in [9.17, 15) is 13.2 Å². The summed E-state index contributed by atoms with van der Waals surface area (Å²) in [4.78, 5) is 11.6. The van der Waals surface area contributed by atoms with E-state index >= 15 is 0 Å². The van der Waals surface area contributed by atoms with Crippen molar-refractivity contribution in [2.75, 3.05) is 20.7 Å². The van der Waals surface area contributed by atoms with E-state index in [-0.39, 0.29) is 22.0 Å². The van der Waals surface area contributed by atoms with Crippen LogP contribution in [0.4, 0.5) is 0 Å². The van der Waals surface area contributed by atoms with Crippen LogP contribution in [0.3, 0.4) is 0 Å². The van der Waals surface area contributed by atoms with Gasteiger partial charge in [-0.2, -0.15) is 4.31 Å². The lowest BCUT2D eigenvalue weighted by Gasteiger charge is -2.24. The van der Waals surface area contributed by atoms with Crippen molar-refractivity contribution in [1.82, 2.24) is 4.31 Å². The molecule has 0 radical (unpaired) electrons. The van der Waals surface area contributed by atoms with Gasteiger partial charge in [0.05, 0.1) is 17.6 Å². The number of hydrogen-bond acceptors (Lipinski definition) is 5. The van der Waals surface area contributed by atoms with Gasteiger partial charge >= 0.3 is 5.97 Å². The maximum atomic E-state index is 12.5. The molecule has 0 saturated carbocycles. The van der Waals surface area contributed by atoms with Crippen LogP contribution in [0, 0.1) is 0 Å². The number of hydrogen-bond donors (Lipinski definition) is 1. The summed E-state index contributed by atoms with van der Waals surface area (Å²) in [6.07, 6.45) is 0. The van der Waals surface area contributed by atoms with E-state index < -0.39 is 22.0 Å². The van der Waals surface area contributed by atoms with E-state index in [2.05, 4.69) is 4.74 Å². The molecule has 0 aliphatic heterocycles. The largest absolute Gasteiger partial charge is 0.465 e. The molecule has 0 aliphatic carbocycles. The second kappa shape index (κ2) is 6.53. The second-order valence-electron chi connectivity index (χ2n) is 4.24. The molecule has 1 atom stereocenters. The van der Waals surface area contributed by atoms with Crippen LogP contribution in [-0.4, -0.2) is 45.4 Å². The highest BCUT2D eigenvalue weighted by Gasteiger charge is 2.29. The van der Waals surface area contributed by atoms with Crippen LogP contribution < -0.4 is 5.73 Å². The van der Waals surface area contributed by atoms with E-state index in [1.54, 1.807) is 6.92 Å². The average molecular weight is 321 g/mol. The molecule has 0 bridgehead atoms. The lowest BCUT2D eigenvalue weighted by molar-refractivity contribution is 0.0596. The summed E-state index contributed by atoms with van der Waals surface area (Å²) in [5.41, 5.74) is 5.38. The van der Waals surface area contributed by atoms with E-state index in [1.807, 2.05) is 0 Å².